The van der Waals surface area contributed by atoms with E-state index in [1.165, 1.54) is 12.5 Å². The summed E-state index contributed by atoms with van der Waals surface area (Å²) in [5.74, 6) is 0.631. The van der Waals surface area contributed by atoms with Gasteiger partial charge in [0.2, 0.25) is 5.95 Å². The maximum Gasteiger partial charge on any atom is 0.260 e. The topological polar surface area (TPSA) is 94.0 Å². The van der Waals surface area contributed by atoms with Crippen LogP contribution in [-0.4, -0.2) is 15.9 Å². The number of rotatable bonds is 3. The fraction of sp³-hybridized carbons (Fsp3) is 0. The Bertz CT molecular complexity index is 768. The molecule has 21 heavy (non-hydrogen) atoms. The highest BCUT2D eigenvalue weighted by molar-refractivity contribution is 6.07. The first kappa shape index (κ1) is 12.9. The molecule has 2 heterocycles. The molecule has 3 aromatic rings. The van der Waals surface area contributed by atoms with Gasteiger partial charge in [-0.05, 0) is 12.1 Å². The highest BCUT2D eigenvalue weighted by Crippen LogP contribution is 2.25. The van der Waals surface area contributed by atoms with E-state index in [4.69, 9.17) is 10.2 Å². The lowest BCUT2D eigenvalue weighted by Crippen LogP contribution is -2.13. The van der Waals surface area contributed by atoms with Crippen LogP contribution in [0.2, 0.25) is 0 Å². The van der Waals surface area contributed by atoms with E-state index >= 15 is 0 Å². The van der Waals surface area contributed by atoms with Gasteiger partial charge in [0, 0.05) is 11.8 Å². The number of nitrogens with two attached hydrogens (primary N) is 1. The Balaban J connectivity index is 1.88. The van der Waals surface area contributed by atoms with Crippen molar-refractivity contribution in [3.8, 4) is 11.3 Å². The Labute approximate surface area is 120 Å². The van der Waals surface area contributed by atoms with E-state index < -0.39 is 0 Å². The summed E-state index contributed by atoms with van der Waals surface area (Å²) in [6.07, 6.45) is 2.96. The van der Waals surface area contributed by atoms with Crippen molar-refractivity contribution in [1.82, 2.24) is 9.97 Å². The van der Waals surface area contributed by atoms with Crippen LogP contribution in [0.3, 0.4) is 0 Å². The molecule has 3 N–H and O–H groups in total. The molecule has 1 aromatic carbocycles. The van der Waals surface area contributed by atoms with Crippen LogP contribution >= 0.6 is 0 Å². The summed E-state index contributed by atoms with van der Waals surface area (Å²) >= 11 is 0. The van der Waals surface area contributed by atoms with Crippen LogP contribution in [0.1, 0.15) is 10.4 Å². The smallest absolute Gasteiger partial charge is 0.260 e. The van der Waals surface area contributed by atoms with Crippen LogP contribution in [0.15, 0.2) is 59.3 Å². The minimum absolute atomic E-state index is 0.100. The molecule has 0 spiro atoms. The molecule has 2 aromatic heterocycles. The summed E-state index contributed by atoms with van der Waals surface area (Å²) in [6.45, 7) is 0. The van der Waals surface area contributed by atoms with E-state index in [-0.39, 0.29) is 11.9 Å². The van der Waals surface area contributed by atoms with Gasteiger partial charge in [0.25, 0.3) is 5.91 Å². The predicted molar refractivity (Wildman–Crippen MR) is 78.5 cm³/mol. The molecule has 6 heteroatoms. The van der Waals surface area contributed by atoms with Gasteiger partial charge in [-0.1, -0.05) is 30.3 Å². The summed E-state index contributed by atoms with van der Waals surface area (Å²) in [7, 11) is 0. The average molecular weight is 280 g/mol. The van der Waals surface area contributed by atoms with Gasteiger partial charge >= 0.3 is 0 Å². The van der Waals surface area contributed by atoms with Crippen molar-refractivity contribution in [1.29, 1.82) is 0 Å². The normalized spacial score (nSPS) is 10.3. The molecule has 0 saturated heterocycles. The van der Waals surface area contributed by atoms with Crippen LogP contribution in [0, 0.1) is 0 Å². The highest BCUT2D eigenvalue weighted by atomic mass is 16.3. The van der Waals surface area contributed by atoms with Crippen molar-refractivity contribution >= 4 is 17.7 Å². The van der Waals surface area contributed by atoms with Crippen molar-refractivity contribution < 1.29 is 9.21 Å². The molecular formula is C15H12N4O2. The van der Waals surface area contributed by atoms with Crippen molar-refractivity contribution in [2.24, 2.45) is 0 Å². The SMILES string of the molecule is Nc1nccc(NC(=O)c2ccoc2-c2ccccc2)n1. The summed E-state index contributed by atoms with van der Waals surface area (Å²) in [4.78, 5) is 20.0. The van der Waals surface area contributed by atoms with E-state index in [0.717, 1.165) is 5.56 Å². The number of hydrogen-bond donors (Lipinski definition) is 2. The molecule has 0 aliphatic heterocycles. The molecule has 0 radical (unpaired) electrons. The molecule has 0 fully saturated rings. The average Bonchev–Trinajstić information content (AvgIpc) is 2.98. The molecule has 3 rings (SSSR count). The summed E-state index contributed by atoms with van der Waals surface area (Å²) in [5, 5.41) is 2.67. The Morgan fingerprint density at radius 3 is 2.71 bits per heavy atom. The third-order valence-corrected chi connectivity index (χ3v) is 2.86. The summed E-state index contributed by atoms with van der Waals surface area (Å²) in [6, 6.07) is 12.6. The number of nitrogen functional groups attached to an aromatic ring is 1. The highest BCUT2D eigenvalue weighted by Gasteiger charge is 2.16. The summed E-state index contributed by atoms with van der Waals surface area (Å²) in [5.41, 5.74) is 6.74. The second-order valence-electron chi connectivity index (χ2n) is 4.28. The van der Waals surface area contributed by atoms with Crippen LogP contribution < -0.4 is 11.1 Å². The van der Waals surface area contributed by atoms with Crippen LogP contribution in [0.25, 0.3) is 11.3 Å². The van der Waals surface area contributed by atoms with Crippen molar-refractivity contribution in [2.45, 2.75) is 0 Å². The molecule has 0 saturated carbocycles. The van der Waals surface area contributed by atoms with Crippen molar-refractivity contribution in [3.63, 3.8) is 0 Å². The second-order valence-corrected chi connectivity index (χ2v) is 4.28. The lowest BCUT2D eigenvalue weighted by Gasteiger charge is -2.05. The largest absolute Gasteiger partial charge is 0.464 e. The van der Waals surface area contributed by atoms with Crippen LogP contribution in [-0.2, 0) is 0 Å². The Hall–Kier alpha value is -3.15. The number of hydrogen-bond acceptors (Lipinski definition) is 5. The van der Waals surface area contributed by atoms with Gasteiger partial charge in [-0.3, -0.25) is 4.79 Å². The number of nitrogens with zero attached hydrogens (tertiary/aromatic N) is 2. The molecule has 0 atom stereocenters. The first-order chi connectivity index (χ1) is 10.2. The molecule has 0 unspecified atom stereocenters. The fourth-order valence-electron chi connectivity index (χ4n) is 1.93. The number of amides is 1. The standard InChI is InChI=1S/C15H12N4O2/c16-15-17-8-6-12(19-15)18-14(20)11-7-9-21-13(11)10-4-2-1-3-5-10/h1-9H,(H3,16,17,18,19,20). The number of aromatic nitrogens is 2. The first-order valence-electron chi connectivity index (χ1n) is 6.27. The maximum absolute atomic E-state index is 12.3. The lowest BCUT2D eigenvalue weighted by atomic mass is 10.1. The number of anilines is 2. The Morgan fingerprint density at radius 2 is 1.95 bits per heavy atom. The monoisotopic (exact) mass is 280 g/mol. The van der Waals surface area contributed by atoms with E-state index in [1.54, 1.807) is 12.1 Å². The van der Waals surface area contributed by atoms with E-state index in [0.29, 0.717) is 17.1 Å². The predicted octanol–water partition coefficient (Wildman–Crippen LogP) is 2.57. The Morgan fingerprint density at radius 1 is 1.14 bits per heavy atom. The van der Waals surface area contributed by atoms with Gasteiger partial charge in [0.15, 0.2) is 0 Å². The molecule has 0 aliphatic carbocycles. The fourth-order valence-corrected chi connectivity index (χ4v) is 1.93. The lowest BCUT2D eigenvalue weighted by molar-refractivity contribution is 0.102. The zero-order chi connectivity index (χ0) is 14.7. The number of carbonyl (C=O) groups is 1. The van der Waals surface area contributed by atoms with E-state index in [2.05, 4.69) is 15.3 Å². The van der Waals surface area contributed by atoms with Gasteiger partial charge in [-0.2, -0.15) is 4.98 Å². The number of furan rings is 1. The van der Waals surface area contributed by atoms with Gasteiger partial charge < -0.3 is 15.5 Å². The zero-order valence-electron chi connectivity index (χ0n) is 11.0. The van der Waals surface area contributed by atoms with E-state index in [1.807, 2.05) is 30.3 Å². The number of benzene rings is 1. The Kier molecular flexibility index (Phi) is 3.34. The summed E-state index contributed by atoms with van der Waals surface area (Å²) < 4.78 is 5.41. The van der Waals surface area contributed by atoms with Crippen LogP contribution in [0.4, 0.5) is 11.8 Å². The first-order valence-corrected chi connectivity index (χ1v) is 6.27. The maximum atomic E-state index is 12.3. The second kappa shape index (κ2) is 5.46. The van der Waals surface area contributed by atoms with Gasteiger partial charge in [0.1, 0.15) is 11.6 Å². The van der Waals surface area contributed by atoms with Crippen molar-refractivity contribution in [2.75, 3.05) is 11.1 Å². The molecule has 1 amide bonds. The minimum atomic E-state index is -0.319. The molecule has 6 nitrogen and oxygen atoms in total. The minimum Gasteiger partial charge on any atom is -0.464 e. The van der Waals surface area contributed by atoms with Crippen molar-refractivity contribution in [3.05, 3.63) is 60.5 Å². The third kappa shape index (κ3) is 2.74. The molecule has 0 bridgehead atoms. The number of carbonyl (C=O) groups excluding carboxylic acids is 1. The van der Waals surface area contributed by atoms with Gasteiger partial charge in [0.05, 0.1) is 11.8 Å². The third-order valence-electron chi connectivity index (χ3n) is 2.86. The molecule has 104 valence electrons. The quantitative estimate of drug-likeness (QED) is 0.769. The zero-order valence-corrected chi connectivity index (χ0v) is 11.0. The van der Waals surface area contributed by atoms with Crippen LogP contribution in [0.5, 0.6) is 0 Å². The van der Waals surface area contributed by atoms with Gasteiger partial charge in [-0.25, -0.2) is 4.98 Å². The molecule has 0 aliphatic rings. The van der Waals surface area contributed by atoms with Gasteiger partial charge in [-0.15, -0.1) is 0 Å². The van der Waals surface area contributed by atoms with E-state index in [9.17, 15) is 4.79 Å². The number of nitrogens with one attached hydrogen (secondary N) is 1. The molecular weight excluding hydrogens is 268 g/mol.